The highest BCUT2D eigenvalue weighted by atomic mass is 35.5. The van der Waals surface area contributed by atoms with Gasteiger partial charge in [0.15, 0.2) is 6.61 Å². The number of rotatable bonds is 7. The number of anilines is 1. The van der Waals surface area contributed by atoms with E-state index < -0.39 is 35.9 Å². The zero-order valence-electron chi connectivity index (χ0n) is 14.4. The van der Waals surface area contributed by atoms with Gasteiger partial charge in [0.05, 0.1) is 25.7 Å². The molecule has 2 aromatic rings. The lowest BCUT2D eigenvalue weighted by atomic mass is 10.2. The minimum atomic E-state index is -0.858. The van der Waals surface area contributed by atoms with Crippen molar-refractivity contribution in [3.8, 4) is 0 Å². The molecule has 0 unspecified atom stereocenters. The van der Waals surface area contributed by atoms with E-state index in [1.807, 2.05) is 0 Å². The number of nitro benzene ring substituents is 1. The summed E-state index contributed by atoms with van der Waals surface area (Å²) in [6.07, 6.45) is 0. The largest absolute Gasteiger partial charge is 0.454 e. The molecule has 0 aliphatic carbocycles. The Morgan fingerprint density at radius 3 is 2.34 bits per heavy atom. The van der Waals surface area contributed by atoms with Crippen LogP contribution in [0.2, 0.25) is 15.1 Å². The van der Waals surface area contributed by atoms with Crippen LogP contribution in [-0.2, 0) is 14.3 Å². The lowest BCUT2D eigenvalue weighted by Crippen LogP contribution is -2.32. The number of halogens is 3. The first-order valence-electron chi connectivity index (χ1n) is 7.80. The average Bonchev–Trinajstić information content (AvgIpc) is 2.68. The summed E-state index contributed by atoms with van der Waals surface area (Å²) >= 11 is 17.4. The fourth-order valence-electron chi connectivity index (χ4n) is 1.99. The third-order valence-electron chi connectivity index (χ3n) is 3.38. The number of benzene rings is 2. The molecule has 0 radical (unpaired) electrons. The van der Waals surface area contributed by atoms with E-state index in [1.54, 1.807) is 0 Å². The highest BCUT2D eigenvalue weighted by Gasteiger charge is 2.14. The molecule has 0 aliphatic heterocycles. The van der Waals surface area contributed by atoms with Gasteiger partial charge < -0.3 is 15.4 Å². The van der Waals surface area contributed by atoms with Crippen molar-refractivity contribution in [2.75, 3.05) is 18.5 Å². The van der Waals surface area contributed by atoms with E-state index in [0.29, 0.717) is 0 Å². The van der Waals surface area contributed by atoms with Crippen LogP contribution in [0.25, 0.3) is 0 Å². The number of esters is 1. The van der Waals surface area contributed by atoms with Crippen LogP contribution in [0.1, 0.15) is 10.4 Å². The second-order valence-corrected chi connectivity index (χ2v) is 6.66. The number of non-ortho nitro benzene ring substituents is 1. The maximum Gasteiger partial charge on any atom is 0.325 e. The molecule has 0 atom stereocenters. The van der Waals surface area contributed by atoms with E-state index in [-0.39, 0.29) is 32.0 Å². The lowest BCUT2D eigenvalue weighted by Gasteiger charge is -2.09. The van der Waals surface area contributed by atoms with Gasteiger partial charge in [-0.1, -0.05) is 34.8 Å². The molecule has 0 saturated carbocycles. The molecule has 152 valence electrons. The molecule has 0 saturated heterocycles. The van der Waals surface area contributed by atoms with Crippen molar-refractivity contribution in [3.05, 3.63) is 67.1 Å². The maximum atomic E-state index is 11.9. The van der Waals surface area contributed by atoms with E-state index in [0.717, 1.165) is 12.1 Å². The van der Waals surface area contributed by atoms with Gasteiger partial charge in [-0.25, -0.2) is 0 Å². The number of amides is 2. The molecular weight excluding hydrogens is 449 g/mol. The minimum absolute atomic E-state index is 0.0484. The van der Waals surface area contributed by atoms with Gasteiger partial charge in [-0.3, -0.25) is 24.5 Å². The van der Waals surface area contributed by atoms with Gasteiger partial charge in [-0.05, 0) is 24.3 Å². The standard InChI is InChI=1S/C17H12Cl3N3O6/c18-11-3-1-9(5-12(11)19)17(26)21-7-16(25)29-8-15(24)22-14-4-2-10(23(27)28)6-13(14)20/h1-6H,7-8H2,(H,21,26)(H,22,24). The smallest absolute Gasteiger partial charge is 0.325 e. The SMILES string of the molecule is O=C(COC(=O)CNC(=O)c1ccc(Cl)c(Cl)c1)Nc1ccc([N+](=O)[O-])cc1Cl. The van der Waals surface area contributed by atoms with E-state index in [4.69, 9.17) is 39.5 Å². The fraction of sp³-hybridized carbons (Fsp3) is 0.118. The Hall–Kier alpha value is -2.88. The summed E-state index contributed by atoms with van der Waals surface area (Å²) in [5.41, 5.74) is 0.0705. The van der Waals surface area contributed by atoms with E-state index in [2.05, 4.69) is 10.6 Å². The summed E-state index contributed by atoms with van der Waals surface area (Å²) in [6, 6.07) is 7.68. The third kappa shape index (κ3) is 6.60. The molecule has 12 heteroatoms. The van der Waals surface area contributed by atoms with Crippen molar-refractivity contribution in [1.29, 1.82) is 0 Å². The summed E-state index contributed by atoms with van der Waals surface area (Å²) in [5, 5.41) is 15.7. The molecule has 2 aromatic carbocycles. The molecular formula is C17H12Cl3N3O6. The van der Waals surface area contributed by atoms with E-state index in [1.165, 1.54) is 24.3 Å². The number of nitro groups is 1. The summed E-state index contributed by atoms with van der Waals surface area (Å²) < 4.78 is 4.74. The molecule has 0 aromatic heterocycles. The topological polar surface area (TPSA) is 128 Å². The number of carbonyl (C=O) groups is 3. The Bertz CT molecular complexity index is 983. The van der Waals surface area contributed by atoms with Gasteiger partial charge in [0.2, 0.25) is 0 Å². The van der Waals surface area contributed by atoms with Crippen molar-refractivity contribution >= 4 is 64.0 Å². The van der Waals surface area contributed by atoms with E-state index in [9.17, 15) is 24.5 Å². The number of hydrogen-bond donors (Lipinski definition) is 2. The second-order valence-electron chi connectivity index (χ2n) is 5.44. The number of hydrogen-bond acceptors (Lipinski definition) is 6. The fourth-order valence-corrected chi connectivity index (χ4v) is 2.51. The number of nitrogens with zero attached hydrogens (tertiary/aromatic N) is 1. The molecule has 0 fully saturated rings. The zero-order chi connectivity index (χ0) is 21.6. The summed E-state index contributed by atoms with van der Waals surface area (Å²) in [5.74, 6) is -2.16. The first-order chi connectivity index (χ1) is 13.7. The Labute approximate surface area is 179 Å². The first kappa shape index (κ1) is 22.4. The van der Waals surface area contributed by atoms with Crippen LogP contribution in [0.4, 0.5) is 11.4 Å². The van der Waals surface area contributed by atoms with Crippen molar-refractivity contribution in [2.45, 2.75) is 0 Å². The third-order valence-corrected chi connectivity index (χ3v) is 4.43. The molecule has 2 rings (SSSR count). The van der Waals surface area contributed by atoms with Gasteiger partial charge >= 0.3 is 5.97 Å². The van der Waals surface area contributed by atoms with E-state index >= 15 is 0 Å². The summed E-state index contributed by atoms with van der Waals surface area (Å²) in [7, 11) is 0. The molecule has 0 bridgehead atoms. The predicted molar refractivity (Wildman–Crippen MR) is 106 cm³/mol. The Balaban J connectivity index is 1.80. The summed E-state index contributed by atoms with van der Waals surface area (Å²) in [4.78, 5) is 45.5. The van der Waals surface area contributed by atoms with Gasteiger partial charge in [-0.15, -0.1) is 0 Å². The van der Waals surface area contributed by atoms with Crippen LogP contribution in [0.3, 0.4) is 0 Å². The quantitative estimate of drug-likeness (QED) is 0.370. The molecule has 2 amide bonds. The Kier molecular flexibility index (Phi) is 7.77. The molecule has 29 heavy (non-hydrogen) atoms. The average molecular weight is 461 g/mol. The monoisotopic (exact) mass is 459 g/mol. The van der Waals surface area contributed by atoms with Crippen LogP contribution in [0.5, 0.6) is 0 Å². The molecule has 0 heterocycles. The maximum absolute atomic E-state index is 11.9. The Morgan fingerprint density at radius 2 is 1.72 bits per heavy atom. The molecule has 0 aliphatic rings. The second kappa shape index (κ2) is 10.1. The lowest BCUT2D eigenvalue weighted by molar-refractivity contribution is -0.384. The zero-order valence-corrected chi connectivity index (χ0v) is 16.7. The number of nitrogens with one attached hydrogen (secondary N) is 2. The molecule has 9 nitrogen and oxygen atoms in total. The molecule has 2 N–H and O–H groups in total. The van der Waals surface area contributed by atoms with Gasteiger partial charge in [0, 0.05) is 17.7 Å². The van der Waals surface area contributed by atoms with Crippen LogP contribution in [0.15, 0.2) is 36.4 Å². The van der Waals surface area contributed by atoms with Crippen molar-refractivity contribution in [3.63, 3.8) is 0 Å². The van der Waals surface area contributed by atoms with Gasteiger partial charge in [0.25, 0.3) is 17.5 Å². The van der Waals surface area contributed by atoms with Crippen LogP contribution in [-0.4, -0.2) is 35.9 Å². The van der Waals surface area contributed by atoms with Crippen molar-refractivity contribution in [1.82, 2.24) is 5.32 Å². The number of ether oxygens (including phenoxy) is 1. The summed E-state index contributed by atoms with van der Waals surface area (Å²) in [6.45, 7) is -1.13. The first-order valence-corrected chi connectivity index (χ1v) is 8.93. The Morgan fingerprint density at radius 1 is 1.00 bits per heavy atom. The highest BCUT2D eigenvalue weighted by Crippen LogP contribution is 2.26. The molecule has 0 spiro atoms. The normalized spacial score (nSPS) is 10.2. The van der Waals surface area contributed by atoms with Gasteiger partial charge in [-0.2, -0.15) is 0 Å². The van der Waals surface area contributed by atoms with Gasteiger partial charge in [0.1, 0.15) is 6.54 Å². The predicted octanol–water partition coefficient (Wildman–Crippen LogP) is 3.47. The van der Waals surface area contributed by atoms with Crippen molar-refractivity contribution < 1.29 is 24.0 Å². The van der Waals surface area contributed by atoms with Crippen LogP contribution >= 0.6 is 34.8 Å². The van der Waals surface area contributed by atoms with Crippen molar-refractivity contribution in [2.24, 2.45) is 0 Å². The van der Waals surface area contributed by atoms with Crippen LogP contribution in [0, 0.1) is 10.1 Å². The van der Waals surface area contributed by atoms with Crippen LogP contribution < -0.4 is 10.6 Å². The highest BCUT2D eigenvalue weighted by molar-refractivity contribution is 6.42. The minimum Gasteiger partial charge on any atom is -0.454 e. The number of carbonyl (C=O) groups excluding carboxylic acids is 3.